The van der Waals surface area contributed by atoms with Gasteiger partial charge in [-0.15, -0.1) is 0 Å². The smallest absolute Gasteiger partial charge is 0.269 e. The molecule has 1 atom stereocenters. The molecular weight excluding hydrogens is 328 g/mol. The normalized spacial score (nSPS) is 16.0. The van der Waals surface area contributed by atoms with E-state index in [1.807, 2.05) is 48.5 Å². The highest BCUT2D eigenvalue weighted by atomic mass is 16.5. The number of nitrogens with one attached hydrogen (secondary N) is 2. The van der Waals surface area contributed by atoms with Gasteiger partial charge >= 0.3 is 0 Å². The van der Waals surface area contributed by atoms with Crippen molar-refractivity contribution >= 4 is 5.91 Å². The van der Waals surface area contributed by atoms with Gasteiger partial charge in [0, 0.05) is 12.1 Å². The van der Waals surface area contributed by atoms with Gasteiger partial charge in [-0.2, -0.15) is 5.10 Å². The second kappa shape index (κ2) is 7.01. The molecule has 0 unspecified atom stereocenters. The van der Waals surface area contributed by atoms with Crippen LogP contribution in [0.3, 0.4) is 0 Å². The Kier molecular flexibility index (Phi) is 4.41. The average molecular weight is 348 g/mol. The van der Waals surface area contributed by atoms with Gasteiger partial charge in [0.1, 0.15) is 17.6 Å². The quantitative estimate of drug-likeness (QED) is 0.744. The molecule has 0 saturated heterocycles. The molecule has 4 rings (SSSR count). The summed E-state index contributed by atoms with van der Waals surface area (Å²) < 4.78 is 6.97. The van der Waals surface area contributed by atoms with Crippen LogP contribution in [-0.4, -0.2) is 29.3 Å². The van der Waals surface area contributed by atoms with Gasteiger partial charge in [-0.3, -0.25) is 10.1 Å². The van der Waals surface area contributed by atoms with Crippen molar-refractivity contribution in [3.8, 4) is 17.0 Å². The molecule has 0 aliphatic carbocycles. The van der Waals surface area contributed by atoms with Crippen LogP contribution in [0.2, 0.25) is 0 Å². The number of amides is 1. The maximum atomic E-state index is 12.2. The fourth-order valence-electron chi connectivity index (χ4n) is 3.06. The second-order valence-corrected chi connectivity index (χ2v) is 6.18. The van der Waals surface area contributed by atoms with Crippen molar-refractivity contribution in [3.05, 3.63) is 71.9 Å². The summed E-state index contributed by atoms with van der Waals surface area (Å²) in [6.07, 6.45) is -0.0881. The maximum absolute atomic E-state index is 12.2. The number of fused-ring (bicyclic) bond motifs is 1. The van der Waals surface area contributed by atoms with E-state index in [1.165, 1.54) is 5.56 Å². The number of methoxy groups -OCH3 is 1. The lowest BCUT2D eigenvalue weighted by molar-refractivity contribution is 0.0900. The highest BCUT2D eigenvalue weighted by Gasteiger charge is 2.27. The molecule has 1 aliphatic rings. The van der Waals surface area contributed by atoms with Crippen molar-refractivity contribution in [1.29, 1.82) is 0 Å². The first-order valence-corrected chi connectivity index (χ1v) is 8.54. The molecule has 26 heavy (non-hydrogen) atoms. The minimum Gasteiger partial charge on any atom is -0.497 e. The molecule has 1 aliphatic heterocycles. The monoisotopic (exact) mass is 348 g/mol. The Morgan fingerprint density at radius 3 is 2.69 bits per heavy atom. The molecule has 6 heteroatoms. The first-order valence-electron chi connectivity index (χ1n) is 8.54. The van der Waals surface area contributed by atoms with Gasteiger partial charge in [0.15, 0.2) is 0 Å². The number of nitrogens with zero attached hydrogens (tertiary/aromatic N) is 2. The topological polar surface area (TPSA) is 68.2 Å². The van der Waals surface area contributed by atoms with Crippen LogP contribution >= 0.6 is 0 Å². The van der Waals surface area contributed by atoms with E-state index in [2.05, 4.69) is 27.9 Å². The number of carbonyl (C=O) groups excluding carboxylic acids is 1. The van der Waals surface area contributed by atoms with Gasteiger partial charge < -0.3 is 10.1 Å². The third kappa shape index (κ3) is 3.19. The Balaban J connectivity index is 1.58. The first kappa shape index (κ1) is 16.4. The predicted octanol–water partition coefficient (Wildman–Crippen LogP) is 2.59. The van der Waals surface area contributed by atoms with Crippen LogP contribution in [0.25, 0.3) is 11.3 Å². The van der Waals surface area contributed by atoms with Crippen molar-refractivity contribution in [2.75, 3.05) is 13.7 Å². The third-order valence-corrected chi connectivity index (χ3v) is 4.49. The van der Waals surface area contributed by atoms with E-state index in [9.17, 15) is 4.79 Å². The summed E-state index contributed by atoms with van der Waals surface area (Å²) >= 11 is 0. The number of carbonyl (C=O) groups is 1. The predicted molar refractivity (Wildman–Crippen MR) is 98.9 cm³/mol. The Bertz CT molecular complexity index is 903. The Morgan fingerprint density at radius 1 is 1.19 bits per heavy atom. The van der Waals surface area contributed by atoms with E-state index < -0.39 is 0 Å². The van der Waals surface area contributed by atoms with Crippen molar-refractivity contribution in [3.63, 3.8) is 0 Å². The summed E-state index contributed by atoms with van der Waals surface area (Å²) in [5.74, 6) is 0.688. The molecule has 6 nitrogen and oxygen atoms in total. The van der Waals surface area contributed by atoms with E-state index in [0.29, 0.717) is 18.8 Å². The van der Waals surface area contributed by atoms with E-state index in [4.69, 9.17) is 4.74 Å². The van der Waals surface area contributed by atoms with Crippen LogP contribution in [-0.2, 0) is 6.54 Å². The molecule has 3 aromatic rings. The van der Waals surface area contributed by atoms with Crippen molar-refractivity contribution in [1.82, 2.24) is 20.4 Å². The standard InChI is InChI=1S/C20H20N4O2/c1-26-16-9-7-15(8-10-16)17-11-18-20(25)22-13-19(24(18)23-17)21-12-14-5-3-2-4-6-14/h2-11,19,21H,12-13H2,1H3,(H,22,25)/t19-/m1/s1. The summed E-state index contributed by atoms with van der Waals surface area (Å²) in [6.45, 7) is 1.21. The molecule has 0 spiro atoms. The van der Waals surface area contributed by atoms with Crippen LogP contribution in [0.4, 0.5) is 0 Å². The average Bonchev–Trinajstić information content (AvgIpc) is 3.15. The van der Waals surface area contributed by atoms with E-state index in [1.54, 1.807) is 11.8 Å². The van der Waals surface area contributed by atoms with Crippen molar-refractivity contribution in [2.45, 2.75) is 12.7 Å². The zero-order valence-corrected chi connectivity index (χ0v) is 14.5. The summed E-state index contributed by atoms with van der Waals surface area (Å²) in [6, 6.07) is 19.7. The Hall–Kier alpha value is -3.12. The lowest BCUT2D eigenvalue weighted by Gasteiger charge is -2.25. The molecule has 1 aromatic heterocycles. The van der Waals surface area contributed by atoms with Crippen LogP contribution in [0.1, 0.15) is 22.2 Å². The first-order chi connectivity index (χ1) is 12.7. The third-order valence-electron chi connectivity index (χ3n) is 4.49. The van der Waals surface area contributed by atoms with E-state index in [-0.39, 0.29) is 12.1 Å². The highest BCUT2D eigenvalue weighted by molar-refractivity contribution is 5.94. The molecule has 0 saturated carbocycles. The molecular formula is C20H20N4O2. The lowest BCUT2D eigenvalue weighted by atomic mass is 10.1. The van der Waals surface area contributed by atoms with Crippen LogP contribution < -0.4 is 15.4 Å². The summed E-state index contributed by atoms with van der Waals surface area (Å²) in [4.78, 5) is 12.2. The Morgan fingerprint density at radius 2 is 1.96 bits per heavy atom. The zero-order valence-electron chi connectivity index (χ0n) is 14.5. The van der Waals surface area contributed by atoms with Crippen LogP contribution in [0.5, 0.6) is 5.75 Å². The Labute approximate surface area is 151 Å². The van der Waals surface area contributed by atoms with Gasteiger partial charge in [-0.1, -0.05) is 30.3 Å². The molecule has 2 aromatic carbocycles. The summed E-state index contributed by atoms with van der Waals surface area (Å²) in [7, 11) is 1.64. The molecule has 1 amide bonds. The largest absolute Gasteiger partial charge is 0.497 e. The van der Waals surface area contributed by atoms with E-state index in [0.717, 1.165) is 17.0 Å². The molecule has 132 valence electrons. The van der Waals surface area contributed by atoms with E-state index >= 15 is 0 Å². The molecule has 0 fully saturated rings. The van der Waals surface area contributed by atoms with Gasteiger partial charge in [-0.05, 0) is 35.9 Å². The fourth-order valence-corrected chi connectivity index (χ4v) is 3.06. The van der Waals surface area contributed by atoms with Gasteiger partial charge in [-0.25, -0.2) is 4.68 Å². The molecule has 0 bridgehead atoms. The fraction of sp³-hybridized carbons (Fsp3) is 0.200. The van der Waals surface area contributed by atoms with Gasteiger partial charge in [0.2, 0.25) is 0 Å². The maximum Gasteiger partial charge on any atom is 0.269 e. The minimum atomic E-state index is -0.102. The number of rotatable bonds is 5. The highest BCUT2D eigenvalue weighted by Crippen LogP contribution is 2.24. The summed E-state index contributed by atoms with van der Waals surface area (Å²) in [5, 5.41) is 11.1. The van der Waals surface area contributed by atoms with Crippen molar-refractivity contribution < 1.29 is 9.53 Å². The van der Waals surface area contributed by atoms with Gasteiger partial charge in [0.05, 0.1) is 19.3 Å². The van der Waals surface area contributed by atoms with Gasteiger partial charge in [0.25, 0.3) is 5.91 Å². The number of aromatic nitrogens is 2. The number of hydrogen-bond donors (Lipinski definition) is 2. The lowest BCUT2D eigenvalue weighted by Crippen LogP contribution is -2.45. The number of ether oxygens (including phenoxy) is 1. The molecule has 2 heterocycles. The summed E-state index contributed by atoms with van der Waals surface area (Å²) in [5.41, 5.74) is 3.47. The zero-order chi connectivity index (χ0) is 17.9. The number of benzene rings is 2. The van der Waals surface area contributed by atoms with Crippen LogP contribution in [0.15, 0.2) is 60.7 Å². The van der Waals surface area contributed by atoms with Crippen LogP contribution in [0, 0.1) is 0 Å². The van der Waals surface area contributed by atoms with Crippen molar-refractivity contribution in [2.24, 2.45) is 0 Å². The molecule has 2 N–H and O–H groups in total. The molecule has 0 radical (unpaired) electrons. The SMILES string of the molecule is COc1ccc(-c2cc3n(n2)[C@@H](NCc2ccccc2)CNC3=O)cc1. The second-order valence-electron chi connectivity index (χ2n) is 6.18. The number of hydrogen-bond acceptors (Lipinski definition) is 4. The minimum absolute atomic E-state index is 0.0881.